The van der Waals surface area contributed by atoms with E-state index in [2.05, 4.69) is 72.0 Å². The van der Waals surface area contributed by atoms with Crippen LogP contribution >= 0.6 is 12.6 Å². The third-order valence-corrected chi connectivity index (χ3v) is 3.22. The zero-order valence-corrected chi connectivity index (χ0v) is 16.2. The van der Waals surface area contributed by atoms with Gasteiger partial charge in [0.1, 0.15) is 6.26 Å². The third-order valence-electron chi connectivity index (χ3n) is 3.09. The Hall–Kier alpha value is -2.33. The van der Waals surface area contributed by atoms with Gasteiger partial charge in [0.15, 0.2) is 5.89 Å². The molecule has 4 heteroatoms. The topological polar surface area (TPSA) is 38.4 Å². The van der Waals surface area contributed by atoms with Gasteiger partial charge in [-0.1, -0.05) is 48.1 Å². The summed E-state index contributed by atoms with van der Waals surface area (Å²) in [5.41, 5.74) is 5.14. The molecule has 0 bridgehead atoms. The molecule has 0 amide bonds. The molecule has 1 aromatic carbocycles. The van der Waals surface area contributed by atoms with Crippen molar-refractivity contribution in [3.63, 3.8) is 0 Å². The molecule has 1 aliphatic carbocycles. The summed E-state index contributed by atoms with van der Waals surface area (Å²) >= 11 is 3.81. The molecular formula is C21H26N2OS. The van der Waals surface area contributed by atoms with Gasteiger partial charge in [-0.25, -0.2) is 4.98 Å². The van der Waals surface area contributed by atoms with E-state index in [1.807, 2.05) is 13.8 Å². The first kappa shape index (κ1) is 20.7. The Kier molecular flexibility index (Phi) is 10.0. The van der Waals surface area contributed by atoms with Gasteiger partial charge in [-0.15, -0.1) is 12.6 Å². The van der Waals surface area contributed by atoms with Crippen LogP contribution in [0, 0.1) is 6.92 Å². The van der Waals surface area contributed by atoms with Crippen molar-refractivity contribution in [1.29, 1.82) is 0 Å². The second kappa shape index (κ2) is 12.1. The van der Waals surface area contributed by atoms with E-state index < -0.39 is 0 Å². The van der Waals surface area contributed by atoms with Crippen LogP contribution in [0.15, 0.2) is 69.4 Å². The van der Waals surface area contributed by atoms with E-state index in [9.17, 15) is 0 Å². The number of allylic oxidation sites excluding steroid dienone is 2. The molecule has 2 aromatic rings. The molecule has 0 saturated carbocycles. The Bertz CT molecular complexity index is 737. The maximum atomic E-state index is 4.72. The fourth-order valence-corrected chi connectivity index (χ4v) is 2.03. The minimum atomic E-state index is 0.718. The summed E-state index contributed by atoms with van der Waals surface area (Å²) in [6.07, 6.45) is 12.6. The number of thiol groups is 1. The SMILES string of the molecule is CC(C)=N/C=C\S.CC1=Cc2ccccc2C=CC1.Cc1ncco1. The molecule has 0 atom stereocenters. The van der Waals surface area contributed by atoms with Crippen LogP contribution in [0.3, 0.4) is 0 Å². The highest BCUT2D eigenvalue weighted by Crippen LogP contribution is 2.20. The molecule has 1 heterocycles. The van der Waals surface area contributed by atoms with Crippen molar-refractivity contribution in [1.82, 2.24) is 4.98 Å². The molecule has 0 aliphatic heterocycles. The van der Waals surface area contributed by atoms with Crippen LogP contribution in [0.25, 0.3) is 12.2 Å². The van der Waals surface area contributed by atoms with E-state index in [4.69, 9.17) is 4.42 Å². The summed E-state index contributed by atoms with van der Waals surface area (Å²) in [4.78, 5) is 7.65. The fourth-order valence-electron chi connectivity index (χ4n) is 1.97. The summed E-state index contributed by atoms with van der Waals surface area (Å²) < 4.78 is 4.72. The molecule has 3 rings (SSSR count). The largest absolute Gasteiger partial charge is 0.449 e. The highest BCUT2D eigenvalue weighted by Gasteiger charge is 1.98. The highest BCUT2D eigenvalue weighted by atomic mass is 32.1. The first-order valence-electron chi connectivity index (χ1n) is 8.12. The van der Waals surface area contributed by atoms with Crippen molar-refractivity contribution >= 4 is 30.5 Å². The Morgan fingerprint density at radius 2 is 1.92 bits per heavy atom. The number of fused-ring (bicyclic) bond motifs is 1. The van der Waals surface area contributed by atoms with Crippen LogP contribution in [-0.2, 0) is 0 Å². The van der Waals surface area contributed by atoms with Crippen molar-refractivity contribution in [3.8, 4) is 0 Å². The zero-order chi connectivity index (χ0) is 18.5. The van der Waals surface area contributed by atoms with E-state index in [1.165, 1.54) is 16.7 Å². The number of hydrogen-bond donors (Lipinski definition) is 1. The predicted octanol–water partition coefficient (Wildman–Crippen LogP) is 6.36. The minimum absolute atomic E-state index is 0.718. The number of nitrogens with zero attached hydrogens (tertiary/aromatic N) is 2. The summed E-state index contributed by atoms with van der Waals surface area (Å²) in [5.74, 6) is 0.718. The van der Waals surface area contributed by atoms with Gasteiger partial charge in [-0.2, -0.15) is 0 Å². The molecule has 132 valence electrons. The van der Waals surface area contributed by atoms with Crippen molar-refractivity contribution < 1.29 is 4.42 Å². The summed E-state index contributed by atoms with van der Waals surface area (Å²) in [7, 11) is 0. The maximum Gasteiger partial charge on any atom is 0.190 e. The van der Waals surface area contributed by atoms with Crippen LogP contribution in [0.2, 0.25) is 0 Å². The van der Waals surface area contributed by atoms with Crippen LogP contribution < -0.4 is 0 Å². The number of oxazole rings is 1. The molecule has 0 saturated heterocycles. The van der Waals surface area contributed by atoms with Gasteiger partial charge in [-0.05, 0) is 43.7 Å². The molecular weight excluding hydrogens is 328 g/mol. The lowest BCUT2D eigenvalue weighted by molar-refractivity contribution is 0.521. The number of benzene rings is 1. The normalized spacial score (nSPS) is 12.0. The number of aryl methyl sites for hydroxylation is 1. The average Bonchev–Trinajstić information content (AvgIpc) is 2.98. The number of aliphatic imine (C=N–C) groups is 1. The molecule has 1 aromatic heterocycles. The van der Waals surface area contributed by atoms with Crippen LogP contribution in [0.5, 0.6) is 0 Å². The molecule has 0 radical (unpaired) electrons. The van der Waals surface area contributed by atoms with Gasteiger partial charge in [0, 0.05) is 18.8 Å². The molecule has 3 nitrogen and oxygen atoms in total. The van der Waals surface area contributed by atoms with Crippen molar-refractivity contribution in [2.24, 2.45) is 4.99 Å². The highest BCUT2D eigenvalue weighted by molar-refractivity contribution is 7.83. The minimum Gasteiger partial charge on any atom is -0.449 e. The summed E-state index contributed by atoms with van der Waals surface area (Å²) in [5, 5.41) is 1.60. The number of hydrogen-bond acceptors (Lipinski definition) is 4. The molecule has 0 N–H and O–H groups in total. The van der Waals surface area contributed by atoms with Crippen molar-refractivity contribution in [2.75, 3.05) is 0 Å². The lowest BCUT2D eigenvalue weighted by atomic mass is 10.1. The Labute approximate surface area is 156 Å². The monoisotopic (exact) mass is 354 g/mol. The van der Waals surface area contributed by atoms with Crippen LogP contribution in [0.1, 0.15) is 44.2 Å². The van der Waals surface area contributed by atoms with E-state index in [-0.39, 0.29) is 0 Å². The van der Waals surface area contributed by atoms with E-state index in [1.54, 1.807) is 31.0 Å². The van der Waals surface area contributed by atoms with Gasteiger partial charge >= 0.3 is 0 Å². The lowest BCUT2D eigenvalue weighted by Gasteiger charge is -1.98. The third kappa shape index (κ3) is 9.52. The summed E-state index contributed by atoms with van der Waals surface area (Å²) in [6, 6.07) is 8.48. The van der Waals surface area contributed by atoms with Crippen molar-refractivity contribution in [3.05, 3.63) is 77.0 Å². The Morgan fingerprint density at radius 3 is 2.40 bits per heavy atom. The van der Waals surface area contributed by atoms with Crippen LogP contribution in [-0.4, -0.2) is 10.7 Å². The molecule has 0 spiro atoms. The van der Waals surface area contributed by atoms with Gasteiger partial charge in [0.25, 0.3) is 0 Å². The van der Waals surface area contributed by atoms with E-state index in [0.29, 0.717) is 0 Å². The second-order valence-electron chi connectivity index (χ2n) is 5.65. The average molecular weight is 355 g/mol. The second-order valence-corrected chi connectivity index (χ2v) is 5.95. The first-order chi connectivity index (χ1) is 12.0. The standard InChI is InChI=1S/C12H12.C5H9NS.C4H5NO/c1-10-5-4-8-11-6-2-3-7-12(11)9-10;1-5(2)6-3-4-7;1-4-5-2-3-6-4/h2-4,6-9H,5H2,1H3;3-4,7H,1-2H3;2-3H,1H3/b;4-3-;. The predicted molar refractivity (Wildman–Crippen MR) is 112 cm³/mol. The van der Waals surface area contributed by atoms with Gasteiger partial charge < -0.3 is 4.42 Å². The molecule has 0 fully saturated rings. The number of rotatable bonds is 1. The van der Waals surface area contributed by atoms with Gasteiger partial charge in [-0.3, -0.25) is 4.99 Å². The summed E-state index contributed by atoms with van der Waals surface area (Å²) in [6.45, 7) is 7.86. The molecule has 0 unspecified atom stereocenters. The van der Waals surface area contributed by atoms with Crippen molar-refractivity contribution in [2.45, 2.75) is 34.1 Å². The van der Waals surface area contributed by atoms with E-state index >= 15 is 0 Å². The first-order valence-corrected chi connectivity index (χ1v) is 8.63. The van der Waals surface area contributed by atoms with Crippen LogP contribution in [0.4, 0.5) is 0 Å². The Balaban J connectivity index is 0.000000206. The molecule has 25 heavy (non-hydrogen) atoms. The van der Waals surface area contributed by atoms with Gasteiger partial charge in [0.2, 0.25) is 0 Å². The molecule has 1 aliphatic rings. The number of aromatic nitrogens is 1. The Morgan fingerprint density at radius 1 is 1.20 bits per heavy atom. The van der Waals surface area contributed by atoms with Gasteiger partial charge in [0.05, 0.1) is 6.20 Å². The quantitative estimate of drug-likeness (QED) is 0.478. The zero-order valence-electron chi connectivity index (χ0n) is 15.3. The smallest absolute Gasteiger partial charge is 0.190 e. The lowest BCUT2D eigenvalue weighted by Crippen LogP contribution is -1.77. The maximum absolute atomic E-state index is 4.72. The fraction of sp³-hybridized carbons (Fsp3) is 0.238. The van der Waals surface area contributed by atoms with E-state index in [0.717, 1.165) is 18.0 Å².